The van der Waals surface area contributed by atoms with E-state index in [0.29, 0.717) is 24.2 Å². The van der Waals surface area contributed by atoms with Gasteiger partial charge in [0.2, 0.25) is 0 Å². The van der Waals surface area contributed by atoms with Crippen molar-refractivity contribution in [2.24, 2.45) is 5.41 Å². The Labute approximate surface area is 252 Å². The number of ether oxygens (including phenoxy) is 3. The fourth-order valence-corrected chi connectivity index (χ4v) is 7.99. The number of aromatic nitrogens is 2. The zero-order valence-electron chi connectivity index (χ0n) is 27.1. The number of rotatable bonds is 3. The zero-order chi connectivity index (χ0) is 29.9. The summed E-state index contributed by atoms with van der Waals surface area (Å²) in [6, 6.07) is 4.61. The Hall–Kier alpha value is -1.88. The van der Waals surface area contributed by atoms with Crippen LogP contribution in [-0.2, 0) is 14.2 Å². The summed E-state index contributed by atoms with van der Waals surface area (Å²) in [5.74, 6) is 1.13. The van der Waals surface area contributed by atoms with Crippen LogP contribution >= 0.6 is 0 Å². The van der Waals surface area contributed by atoms with Gasteiger partial charge in [0.05, 0.1) is 50.6 Å². The number of nitrogens with zero attached hydrogens (tertiary/aromatic N) is 6. The zero-order valence-corrected chi connectivity index (χ0v) is 27.1. The third kappa shape index (κ3) is 5.93. The summed E-state index contributed by atoms with van der Waals surface area (Å²) in [6.07, 6.45) is 5.83. The summed E-state index contributed by atoms with van der Waals surface area (Å²) in [5, 5.41) is 5.01. The molecular formula is C32H54N6O4. The van der Waals surface area contributed by atoms with E-state index in [0.717, 1.165) is 64.7 Å². The normalized spacial score (nSPS) is 29.7. The molecule has 1 aromatic heterocycles. The molecule has 2 atom stereocenters. The van der Waals surface area contributed by atoms with Crippen molar-refractivity contribution < 1.29 is 19.0 Å². The molecule has 6 fully saturated rings. The van der Waals surface area contributed by atoms with Crippen LogP contribution in [0.15, 0.2) is 6.07 Å². The predicted molar refractivity (Wildman–Crippen MR) is 163 cm³/mol. The van der Waals surface area contributed by atoms with Gasteiger partial charge in [0.15, 0.2) is 5.82 Å². The molecule has 2 unspecified atom stereocenters. The van der Waals surface area contributed by atoms with E-state index >= 15 is 0 Å². The van der Waals surface area contributed by atoms with E-state index in [1.807, 2.05) is 25.7 Å². The molecule has 6 aliphatic rings. The van der Waals surface area contributed by atoms with E-state index < -0.39 is 5.60 Å². The minimum absolute atomic E-state index is 0.175. The van der Waals surface area contributed by atoms with E-state index in [1.54, 1.807) is 0 Å². The molecule has 1 aromatic rings. The topological polar surface area (TPSA) is 75.5 Å². The van der Waals surface area contributed by atoms with Gasteiger partial charge < -0.3 is 24.0 Å². The molecule has 0 bridgehead atoms. The largest absolute Gasteiger partial charge is 0.444 e. The molecule has 5 saturated heterocycles. The van der Waals surface area contributed by atoms with Crippen LogP contribution in [0.5, 0.6) is 0 Å². The van der Waals surface area contributed by atoms with Gasteiger partial charge in [-0.3, -0.25) is 14.5 Å². The maximum absolute atomic E-state index is 12.2. The summed E-state index contributed by atoms with van der Waals surface area (Å²) >= 11 is 0. The average Bonchev–Trinajstić information content (AvgIpc) is 3.45. The van der Waals surface area contributed by atoms with Crippen molar-refractivity contribution in [1.82, 2.24) is 24.5 Å². The van der Waals surface area contributed by atoms with Crippen LogP contribution in [0.1, 0.15) is 78.5 Å². The highest BCUT2D eigenvalue weighted by atomic mass is 16.6. The molecule has 1 saturated carbocycles. The van der Waals surface area contributed by atoms with Crippen molar-refractivity contribution in [2.75, 3.05) is 71.1 Å². The minimum atomic E-state index is -0.424. The minimum Gasteiger partial charge on any atom is -0.444 e. The molecule has 0 N–H and O–H groups in total. The van der Waals surface area contributed by atoms with Crippen LogP contribution in [0.3, 0.4) is 0 Å². The molecule has 42 heavy (non-hydrogen) atoms. The Kier molecular flexibility index (Phi) is 8.07. The van der Waals surface area contributed by atoms with Crippen LogP contribution in [0.4, 0.5) is 10.6 Å². The van der Waals surface area contributed by atoms with Crippen molar-refractivity contribution in [3.8, 4) is 0 Å². The number of fused-ring (bicyclic) bond motifs is 1. The van der Waals surface area contributed by atoms with Crippen LogP contribution in [0.25, 0.3) is 0 Å². The first-order chi connectivity index (χ1) is 19.8. The Morgan fingerprint density at radius 2 is 1.67 bits per heavy atom. The molecule has 1 amide bonds. The number of hydrogen-bond acceptors (Lipinski definition) is 8. The number of hydrogen-bond donors (Lipinski definition) is 0. The second kappa shape index (κ2) is 11.2. The van der Waals surface area contributed by atoms with Gasteiger partial charge in [-0.2, -0.15) is 5.10 Å². The van der Waals surface area contributed by atoms with Crippen molar-refractivity contribution in [3.05, 3.63) is 11.8 Å². The number of likely N-dealkylation sites (tertiary alicyclic amines) is 1. The summed E-state index contributed by atoms with van der Waals surface area (Å²) < 4.78 is 18.6. The Balaban J connectivity index is 0.000000187. The summed E-state index contributed by atoms with van der Waals surface area (Å²) in [6.45, 7) is 21.3. The number of aryl methyl sites for hydroxylation is 1. The first kappa shape index (κ1) is 30.2. The smallest absolute Gasteiger partial charge is 0.410 e. The SMILES string of the molecule is CN1CCN(C2COC2)C2COCC21.Cc1cc(N2CCCCC2(C)C)nn1C1CC2(C1)CN(C(=O)OC(C)(C)C)C2. The molecule has 0 aromatic carbocycles. The average molecular weight is 587 g/mol. The van der Waals surface area contributed by atoms with Crippen LogP contribution in [0, 0.1) is 12.3 Å². The molecule has 1 spiro atoms. The van der Waals surface area contributed by atoms with Crippen LogP contribution < -0.4 is 4.90 Å². The van der Waals surface area contributed by atoms with Crippen molar-refractivity contribution in [1.29, 1.82) is 0 Å². The lowest BCUT2D eigenvalue weighted by Crippen LogP contribution is -2.64. The third-order valence-corrected chi connectivity index (χ3v) is 10.5. The molecule has 6 heterocycles. The number of piperazine rings is 1. The number of amides is 1. The van der Waals surface area contributed by atoms with Gasteiger partial charge in [-0.25, -0.2) is 4.79 Å². The number of likely N-dealkylation sites (N-methyl/N-ethyl adjacent to an activating group) is 1. The van der Waals surface area contributed by atoms with Gasteiger partial charge in [-0.05, 0) is 80.7 Å². The second-order valence-electron chi connectivity index (χ2n) is 15.5. The van der Waals surface area contributed by atoms with Crippen molar-refractivity contribution in [3.63, 3.8) is 0 Å². The summed E-state index contributed by atoms with van der Waals surface area (Å²) in [5.41, 5.74) is 1.30. The van der Waals surface area contributed by atoms with Gasteiger partial charge in [-0.1, -0.05) is 0 Å². The standard InChI is InChI=1S/C22H36N4O2.C10H18N2O2/c1-16-11-18(25-10-8-7-9-21(25,5)6)23-26(16)17-12-22(13-17)14-24(15-22)19(27)28-20(2,3)4;1-11-2-3-12(8-4-13-5-8)10-7-14-6-9(10)11/h11,17H,7-10,12-15H2,1-6H3;8-10H,2-7H2,1H3. The summed E-state index contributed by atoms with van der Waals surface area (Å²) in [7, 11) is 2.21. The predicted octanol–water partition coefficient (Wildman–Crippen LogP) is 3.93. The monoisotopic (exact) mass is 586 g/mol. The van der Waals surface area contributed by atoms with Gasteiger partial charge in [0.25, 0.3) is 0 Å². The van der Waals surface area contributed by atoms with Crippen LogP contribution in [0.2, 0.25) is 0 Å². The van der Waals surface area contributed by atoms with E-state index in [-0.39, 0.29) is 17.0 Å². The maximum Gasteiger partial charge on any atom is 0.410 e. The fourth-order valence-electron chi connectivity index (χ4n) is 7.99. The quantitative estimate of drug-likeness (QED) is 0.528. The highest BCUT2D eigenvalue weighted by Gasteiger charge is 2.55. The number of piperidine rings is 1. The van der Waals surface area contributed by atoms with E-state index in [9.17, 15) is 4.79 Å². The number of carbonyl (C=O) groups excluding carboxylic acids is 1. The lowest BCUT2D eigenvalue weighted by atomic mass is 9.61. The van der Waals surface area contributed by atoms with Gasteiger partial charge in [-0.15, -0.1) is 0 Å². The molecule has 10 nitrogen and oxygen atoms in total. The van der Waals surface area contributed by atoms with Crippen LogP contribution in [-0.4, -0.2) is 126 Å². The molecule has 10 heteroatoms. The van der Waals surface area contributed by atoms with E-state index in [4.69, 9.17) is 19.3 Å². The van der Waals surface area contributed by atoms with Gasteiger partial charge in [0, 0.05) is 55.4 Å². The maximum atomic E-state index is 12.2. The van der Waals surface area contributed by atoms with Gasteiger partial charge in [0.1, 0.15) is 5.60 Å². The van der Waals surface area contributed by atoms with E-state index in [1.165, 1.54) is 38.0 Å². The summed E-state index contributed by atoms with van der Waals surface area (Å²) in [4.78, 5) is 21.6. The van der Waals surface area contributed by atoms with Crippen molar-refractivity contribution in [2.45, 2.75) is 109 Å². The fraction of sp³-hybridized carbons (Fsp3) is 0.875. The lowest BCUT2D eigenvalue weighted by molar-refractivity contribution is -0.0995. The second-order valence-corrected chi connectivity index (χ2v) is 15.5. The Bertz CT molecular complexity index is 1110. The molecular weight excluding hydrogens is 532 g/mol. The number of anilines is 1. The molecule has 7 rings (SSSR count). The third-order valence-electron chi connectivity index (χ3n) is 10.5. The van der Waals surface area contributed by atoms with Crippen molar-refractivity contribution >= 4 is 11.9 Å². The molecule has 236 valence electrons. The molecule has 5 aliphatic heterocycles. The molecule has 0 radical (unpaired) electrons. The first-order valence-corrected chi connectivity index (χ1v) is 16.3. The first-order valence-electron chi connectivity index (χ1n) is 16.3. The van der Waals surface area contributed by atoms with Gasteiger partial charge >= 0.3 is 6.09 Å². The van der Waals surface area contributed by atoms with E-state index in [2.05, 4.69) is 53.3 Å². The lowest BCUT2D eigenvalue weighted by Gasteiger charge is -2.58. The highest BCUT2D eigenvalue weighted by molar-refractivity contribution is 5.69. The highest BCUT2D eigenvalue weighted by Crippen LogP contribution is 2.54. The Morgan fingerprint density at radius 3 is 2.31 bits per heavy atom. The number of carbonyl (C=O) groups is 1. The Morgan fingerprint density at radius 1 is 0.976 bits per heavy atom. The molecule has 1 aliphatic carbocycles.